The summed E-state index contributed by atoms with van der Waals surface area (Å²) in [5, 5.41) is 11.9. The highest BCUT2D eigenvalue weighted by molar-refractivity contribution is 7.15. The van der Waals surface area contributed by atoms with Gasteiger partial charge in [0.25, 0.3) is 5.91 Å². The Labute approximate surface area is 172 Å². The van der Waals surface area contributed by atoms with Gasteiger partial charge in [0.05, 0.1) is 40.9 Å². The first kappa shape index (κ1) is 19.5. The van der Waals surface area contributed by atoms with E-state index in [1.54, 1.807) is 23.0 Å². The van der Waals surface area contributed by atoms with E-state index in [4.69, 9.17) is 0 Å². The minimum absolute atomic E-state index is 0.00647. The van der Waals surface area contributed by atoms with Crippen LogP contribution >= 0.6 is 11.3 Å². The van der Waals surface area contributed by atoms with Crippen LogP contribution in [-0.2, 0) is 4.79 Å². The molecule has 4 heterocycles. The summed E-state index contributed by atoms with van der Waals surface area (Å²) in [6, 6.07) is 2.19. The van der Waals surface area contributed by atoms with Crippen molar-refractivity contribution in [2.75, 3.05) is 23.7 Å². The van der Waals surface area contributed by atoms with E-state index in [-0.39, 0.29) is 17.7 Å². The van der Waals surface area contributed by atoms with E-state index in [1.165, 1.54) is 11.3 Å². The molecule has 0 aliphatic carbocycles. The van der Waals surface area contributed by atoms with Crippen molar-refractivity contribution in [1.29, 1.82) is 0 Å². The number of carbonyl (C=O) groups is 2. The van der Waals surface area contributed by atoms with Crippen LogP contribution in [0.2, 0.25) is 0 Å². The van der Waals surface area contributed by atoms with Crippen molar-refractivity contribution < 1.29 is 9.59 Å². The van der Waals surface area contributed by atoms with Gasteiger partial charge in [-0.1, -0.05) is 0 Å². The summed E-state index contributed by atoms with van der Waals surface area (Å²) in [5.41, 5.74) is 2.33. The fourth-order valence-corrected chi connectivity index (χ4v) is 4.31. The van der Waals surface area contributed by atoms with Crippen LogP contribution < -0.4 is 10.6 Å². The summed E-state index contributed by atoms with van der Waals surface area (Å²) < 4.78 is 1.67. The molecule has 152 valence electrons. The molecule has 9 heteroatoms. The molecule has 1 atom stereocenters. The lowest BCUT2D eigenvalue weighted by atomic mass is 10.1. The predicted octanol–water partition coefficient (Wildman–Crippen LogP) is 3.02. The van der Waals surface area contributed by atoms with Crippen molar-refractivity contribution in [3.63, 3.8) is 0 Å². The number of nitrogens with zero attached hydrogens (tertiary/aromatic N) is 4. The summed E-state index contributed by atoms with van der Waals surface area (Å²) in [5.74, 6) is -0.288. The molecule has 1 aliphatic rings. The lowest BCUT2D eigenvalue weighted by Crippen LogP contribution is -2.31. The van der Waals surface area contributed by atoms with Crippen LogP contribution in [-0.4, -0.2) is 50.4 Å². The summed E-state index contributed by atoms with van der Waals surface area (Å²) in [6.45, 7) is 7.81. The average molecular weight is 413 g/mol. The Morgan fingerprint density at radius 3 is 2.86 bits per heavy atom. The van der Waals surface area contributed by atoms with Crippen LogP contribution in [0.15, 0.2) is 30.0 Å². The molecular formula is C20H24N6O2S. The number of aryl methyl sites for hydroxylation is 1. The van der Waals surface area contributed by atoms with Crippen molar-refractivity contribution in [3.05, 3.63) is 41.3 Å². The number of nitrogens with one attached hydrogen (secondary N) is 2. The van der Waals surface area contributed by atoms with Crippen LogP contribution in [0.3, 0.4) is 0 Å². The molecule has 0 saturated carbocycles. The van der Waals surface area contributed by atoms with Crippen LogP contribution in [0.25, 0.3) is 4.83 Å². The SMILES string of the molecule is Cc1ncc(NC(=O)C2CCN(C(C)C)C2)cc1NC(=O)c1cnn2ccsc12. The normalized spacial score (nSPS) is 17.2. The molecule has 0 bridgehead atoms. The molecule has 0 spiro atoms. The van der Waals surface area contributed by atoms with E-state index in [2.05, 4.69) is 39.5 Å². The standard InChI is InChI=1S/C20H24N6O2S/c1-12(2)25-5-4-14(11-25)18(27)23-15-8-17(13(3)21-9-15)24-19(28)16-10-22-26-6-7-29-20(16)26/h6-10,12,14H,4-5,11H2,1-3H3,(H,23,27)(H,24,28). The maximum atomic E-state index is 12.7. The predicted molar refractivity (Wildman–Crippen MR) is 113 cm³/mol. The second kappa shape index (κ2) is 7.92. The minimum Gasteiger partial charge on any atom is -0.324 e. The largest absolute Gasteiger partial charge is 0.324 e. The number of likely N-dealkylation sites (tertiary alicyclic amines) is 1. The number of carbonyl (C=O) groups excluding carboxylic acids is 2. The number of anilines is 2. The van der Waals surface area contributed by atoms with Gasteiger partial charge in [-0.2, -0.15) is 5.10 Å². The number of hydrogen-bond donors (Lipinski definition) is 2. The Kier molecular flexibility index (Phi) is 5.33. The third-order valence-corrected chi connectivity index (χ3v) is 6.19. The van der Waals surface area contributed by atoms with E-state index in [0.29, 0.717) is 28.7 Å². The third kappa shape index (κ3) is 4.01. The summed E-state index contributed by atoms with van der Waals surface area (Å²) in [4.78, 5) is 32.8. The molecule has 0 radical (unpaired) electrons. The van der Waals surface area contributed by atoms with Gasteiger partial charge in [-0.15, -0.1) is 11.3 Å². The highest BCUT2D eigenvalue weighted by atomic mass is 32.1. The lowest BCUT2D eigenvalue weighted by Gasteiger charge is -2.20. The van der Waals surface area contributed by atoms with Crippen molar-refractivity contribution >= 4 is 39.4 Å². The number of aromatic nitrogens is 3. The van der Waals surface area contributed by atoms with Crippen molar-refractivity contribution in [3.8, 4) is 0 Å². The maximum absolute atomic E-state index is 12.7. The van der Waals surface area contributed by atoms with Gasteiger partial charge in [0.1, 0.15) is 4.83 Å². The van der Waals surface area contributed by atoms with Gasteiger partial charge in [0.15, 0.2) is 0 Å². The van der Waals surface area contributed by atoms with Crippen molar-refractivity contribution in [1.82, 2.24) is 19.5 Å². The first-order chi connectivity index (χ1) is 13.9. The molecule has 3 aromatic heterocycles. The Hall–Kier alpha value is -2.78. The molecule has 2 amide bonds. The first-order valence-electron chi connectivity index (χ1n) is 9.66. The number of amides is 2. The Balaban J connectivity index is 1.46. The van der Waals surface area contributed by atoms with Gasteiger partial charge >= 0.3 is 0 Å². The topological polar surface area (TPSA) is 91.6 Å². The third-order valence-electron chi connectivity index (χ3n) is 5.30. The highest BCUT2D eigenvalue weighted by Crippen LogP contribution is 2.24. The van der Waals surface area contributed by atoms with Gasteiger partial charge in [-0.3, -0.25) is 14.6 Å². The molecule has 1 unspecified atom stereocenters. The average Bonchev–Trinajstić information content (AvgIpc) is 3.40. The molecule has 0 aromatic carbocycles. The van der Waals surface area contributed by atoms with Crippen molar-refractivity contribution in [2.45, 2.75) is 33.2 Å². The molecule has 8 nitrogen and oxygen atoms in total. The Morgan fingerprint density at radius 1 is 1.28 bits per heavy atom. The molecular weight excluding hydrogens is 388 g/mol. The van der Waals surface area contributed by atoms with Gasteiger partial charge in [-0.25, -0.2) is 4.52 Å². The second-order valence-electron chi connectivity index (χ2n) is 7.59. The van der Waals surface area contributed by atoms with E-state index >= 15 is 0 Å². The molecule has 2 N–H and O–H groups in total. The van der Waals surface area contributed by atoms with E-state index < -0.39 is 0 Å². The Bertz CT molecular complexity index is 1060. The van der Waals surface area contributed by atoms with Gasteiger partial charge < -0.3 is 15.5 Å². The van der Waals surface area contributed by atoms with Gasteiger partial charge in [-0.05, 0) is 39.8 Å². The number of fused-ring (bicyclic) bond motifs is 1. The van der Waals surface area contributed by atoms with Gasteiger partial charge in [0.2, 0.25) is 5.91 Å². The highest BCUT2D eigenvalue weighted by Gasteiger charge is 2.29. The number of hydrogen-bond acceptors (Lipinski definition) is 6. The van der Waals surface area contributed by atoms with Crippen LogP contribution in [0, 0.1) is 12.8 Å². The zero-order chi connectivity index (χ0) is 20.5. The molecule has 1 saturated heterocycles. The van der Waals surface area contributed by atoms with E-state index in [0.717, 1.165) is 24.3 Å². The summed E-state index contributed by atoms with van der Waals surface area (Å²) in [7, 11) is 0. The molecule has 29 heavy (non-hydrogen) atoms. The number of rotatable bonds is 5. The lowest BCUT2D eigenvalue weighted by molar-refractivity contribution is -0.119. The fraction of sp³-hybridized carbons (Fsp3) is 0.400. The van der Waals surface area contributed by atoms with Crippen LogP contribution in [0.4, 0.5) is 11.4 Å². The Morgan fingerprint density at radius 2 is 2.10 bits per heavy atom. The van der Waals surface area contributed by atoms with Crippen LogP contribution in [0.5, 0.6) is 0 Å². The van der Waals surface area contributed by atoms with Crippen LogP contribution in [0.1, 0.15) is 36.3 Å². The minimum atomic E-state index is -0.251. The number of thiazole rings is 1. The first-order valence-corrected chi connectivity index (χ1v) is 10.5. The van der Waals surface area contributed by atoms with E-state index in [9.17, 15) is 9.59 Å². The van der Waals surface area contributed by atoms with E-state index in [1.807, 2.05) is 18.5 Å². The molecule has 3 aromatic rings. The van der Waals surface area contributed by atoms with Crippen molar-refractivity contribution in [2.24, 2.45) is 5.92 Å². The molecule has 1 aliphatic heterocycles. The summed E-state index contributed by atoms with van der Waals surface area (Å²) in [6.07, 6.45) is 5.83. The maximum Gasteiger partial charge on any atom is 0.260 e. The zero-order valence-corrected chi connectivity index (χ0v) is 17.5. The summed E-state index contributed by atoms with van der Waals surface area (Å²) >= 11 is 1.45. The monoisotopic (exact) mass is 412 g/mol. The quantitative estimate of drug-likeness (QED) is 0.672. The molecule has 1 fully saturated rings. The van der Waals surface area contributed by atoms with Gasteiger partial charge in [0, 0.05) is 24.2 Å². The fourth-order valence-electron chi connectivity index (χ4n) is 3.52. The number of pyridine rings is 1. The molecule has 4 rings (SSSR count). The smallest absolute Gasteiger partial charge is 0.260 e. The second-order valence-corrected chi connectivity index (χ2v) is 8.48. The zero-order valence-electron chi connectivity index (χ0n) is 16.7.